The summed E-state index contributed by atoms with van der Waals surface area (Å²) in [6.07, 6.45) is 7.38. The van der Waals surface area contributed by atoms with E-state index in [2.05, 4.69) is 125 Å². The van der Waals surface area contributed by atoms with Crippen LogP contribution in [0.5, 0.6) is 0 Å². The lowest BCUT2D eigenvalue weighted by atomic mass is 9.69. The van der Waals surface area contributed by atoms with Crippen molar-refractivity contribution in [2.24, 2.45) is 55.2 Å². The number of hydrogen-bond acceptors (Lipinski definition) is 0. The Balaban J connectivity index is -0.000000236. The predicted molar refractivity (Wildman–Crippen MR) is 207 cm³/mol. The molecule has 0 heterocycles. The van der Waals surface area contributed by atoms with Gasteiger partial charge in [-0.25, -0.2) is 17.6 Å². The summed E-state index contributed by atoms with van der Waals surface area (Å²) in [5.41, 5.74) is 1.16. The Hall–Kier alpha value is -0.280. The fourth-order valence-corrected chi connectivity index (χ4v) is 2.22. The molecule has 0 aromatic heterocycles. The Morgan fingerprint density at radius 1 is 0.277 bits per heavy atom. The summed E-state index contributed by atoms with van der Waals surface area (Å²) in [4.78, 5) is 0. The molecular weight excluding hydrogens is 592 g/mol. The predicted octanol–water partition coefficient (Wildman–Crippen LogP) is 16.8. The smallest absolute Gasteiger partial charge is 0.207 e. The maximum atomic E-state index is 12.2. The molecule has 47 heavy (non-hydrogen) atoms. The van der Waals surface area contributed by atoms with Gasteiger partial charge in [-0.2, -0.15) is 0 Å². The Labute approximate surface area is 296 Å². The van der Waals surface area contributed by atoms with E-state index in [0.717, 1.165) is 25.7 Å². The van der Waals surface area contributed by atoms with Gasteiger partial charge in [0.2, 0.25) is 11.8 Å². The maximum Gasteiger partial charge on any atom is 0.250 e. The lowest BCUT2D eigenvalue weighted by Gasteiger charge is -2.37. The van der Waals surface area contributed by atoms with Crippen LogP contribution in [0.3, 0.4) is 0 Å². The van der Waals surface area contributed by atoms with Crippen LogP contribution >= 0.6 is 0 Å². The Bertz CT molecular complexity index is 646. The lowest BCUT2D eigenvalue weighted by molar-refractivity contribution is -0.0788. The highest BCUT2D eigenvalue weighted by Gasteiger charge is 2.38. The Morgan fingerprint density at radius 3 is 0.426 bits per heavy atom. The minimum Gasteiger partial charge on any atom is -0.207 e. The number of alkyl halides is 4. The third-order valence-corrected chi connectivity index (χ3v) is 11.3. The van der Waals surface area contributed by atoms with Crippen molar-refractivity contribution in [3.05, 3.63) is 0 Å². The monoisotopic (exact) mass is 683 g/mol. The number of hydrogen-bond donors (Lipinski definition) is 0. The van der Waals surface area contributed by atoms with Crippen molar-refractivity contribution < 1.29 is 17.6 Å². The van der Waals surface area contributed by atoms with Gasteiger partial charge in [0.15, 0.2) is 0 Å². The van der Waals surface area contributed by atoms with Gasteiger partial charge in [0.1, 0.15) is 0 Å². The van der Waals surface area contributed by atoms with Crippen LogP contribution in [0, 0.1) is 55.2 Å². The van der Waals surface area contributed by atoms with Crippen molar-refractivity contribution in [2.45, 2.75) is 224 Å². The van der Waals surface area contributed by atoms with Crippen LogP contribution in [0.2, 0.25) is 0 Å². The molecule has 2 rings (SSSR count). The highest BCUT2D eigenvalue weighted by atomic mass is 19.3. The molecule has 0 aromatic carbocycles. The van der Waals surface area contributed by atoms with Gasteiger partial charge in [0.05, 0.1) is 0 Å². The van der Waals surface area contributed by atoms with Crippen molar-refractivity contribution in [2.75, 3.05) is 0 Å². The van der Waals surface area contributed by atoms with Gasteiger partial charge in [0, 0.05) is 10.8 Å². The van der Waals surface area contributed by atoms with Gasteiger partial charge in [-0.15, -0.1) is 0 Å². The molecule has 2 aliphatic carbocycles. The molecule has 0 aliphatic heterocycles. The molecule has 290 valence electrons. The highest BCUT2D eigenvalue weighted by molar-refractivity contribution is 4.84. The van der Waals surface area contributed by atoms with Crippen molar-refractivity contribution >= 4 is 0 Å². The number of rotatable bonds is 0. The zero-order valence-electron chi connectivity index (χ0n) is 37.2. The highest BCUT2D eigenvalue weighted by Crippen LogP contribution is 2.44. The molecule has 0 radical (unpaired) electrons. The van der Waals surface area contributed by atoms with E-state index in [1.807, 2.05) is 0 Å². The molecule has 0 N–H and O–H groups in total. The Kier molecular flexibility index (Phi) is 20.8. The minimum absolute atomic E-state index is 0.437. The topological polar surface area (TPSA) is 0 Å². The van der Waals surface area contributed by atoms with E-state index in [9.17, 15) is 17.6 Å². The van der Waals surface area contributed by atoms with E-state index >= 15 is 0 Å². The average Bonchev–Trinajstić information content (AvgIpc) is 3.46. The third-order valence-electron chi connectivity index (χ3n) is 11.3. The second-order valence-corrected chi connectivity index (χ2v) is 22.9. The average molecular weight is 683 g/mol. The molecule has 0 spiro atoms. The van der Waals surface area contributed by atoms with Gasteiger partial charge in [-0.3, -0.25) is 0 Å². The standard InChI is InChI=1S/C8H16.2C8H18.C7H14.2C6H12F2/c1-8(2,3)7-5-4-6-7;2*1-7(2,3)8(4,5)6;1-7(2,3)6-4-5-6;2*1-5(2,3)6(4,7)8/h7H,4-6H2,1-3H3;2*1-6H3;6H,4-5H2,1-3H3;2*1-4H3. The molecule has 0 amide bonds. The molecular formula is C43H90F4. The molecule has 0 nitrogen and oxygen atoms in total. The minimum atomic E-state index is -2.56. The van der Waals surface area contributed by atoms with E-state index in [1.54, 1.807) is 0 Å². The van der Waals surface area contributed by atoms with Crippen LogP contribution in [0.4, 0.5) is 17.6 Å². The van der Waals surface area contributed by atoms with E-state index in [-0.39, 0.29) is 0 Å². The fraction of sp³-hybridized carbons (Fsp3) is 1.00. The third kappa shape index (κ3) is 27.2. The molecule has 0 unspecified atom stereocenters. The van der Waals surface area contributed by atoms with Crippen LogP contribution in [0.25, 0.3) is 0 Å². The summed E-state index contributed by atoms with van der Waals surface area (Å²) in [5.74, 6) is -3.05. The van der Waals surface area contributed by atoms with Gasteiger partial charge in [-0.05, 0) is 83.9 Å². The van der Waals surface area contributed by atoms with Crippen LogP contribution in [0.15, 0.2) is 0 Å². The first kappa shape index (κ1) is 53.5. The first-order valence-electron chi connectivity index (χ1n) is 18.5. The van der Waals surface area contributed by atoms with E-state index in [4.69, 9.17) is 0 Å². The van der Waals surface area contributed by atoms with Gasteiger partial charge < -0.3 is 0 Å². The zero-order valence-corrected chi connectivity index (χ0v) is 37.2. The summed E-state index contributed by atoms with van der Waals surface area (Å²) < 4.78 is 48.9. The summed E-state index contributed by atoms with van der Waals surface area (Å²) >= 11 is 0. The molecule has 2 fully saturated rings. The molecule has 0 atom stereocenters. The van der Waals surface area contributed by atoms with Crippen LogP contribution in [-0.2, 0) is 0 Å². The van der Waals surface area contributed by atoms with Crippen LogP contribution in [-0.4, -0.2) is 11.8 Å². The summed E-state index contributed by atoms with van der Waals surface area (Å²) in [7, 11) is 0. The first-order valence-corrected chi connectivity index (χ1v) is 18.5. The van der Waals surface area contributed by atoms with E-state index in [1.165, 1.54) is 73.6 Å². The van der Waals surface area contributed by atoms with Gasteiger partial charge >= 0.3 is 0 Å². The molecule has 0 aromatic rings. The van der Waals surface area contributed by atoms with Crippen molar-refractivity contribution in [3.63, 3.8) is 0 Å². The quantitative estimate of drug-likeness (QED) is 0.223. The SMILES string of the molecule is CC(C)(C)C(C)(C)C.CC(C)(C)C(C)(C)C.CC(C)(C)C(C)(F)F.CC(C)(C)C(C)(F)F.CC(C)(C)C1CC1.CC(C)(C)C1CCC1. The summed E-state index contributed by atoms with van der Waals surface area (Å²) in [5, 5.41) is 0. The number of halogens is 4. The second-order valence-electron chi connectivity index (χ2n) is 22.9. The van der Waals surface area contributed by atoms with Gasteiger partial charge in [-0.1, -0.05) is 173 Å². The van der Waals surface area contributed by atoms with Crippen LogP contribution < -0.4 is 0 Å². The largest absolute Gasteiger partial charge is 0.250 e. The molecule has 2 aliphatic rings. The summed E-state index contributed by atoms with van der Waals surface area (Å²) in [6, 6.07) is 0. The molecule has 2 saturated carbocycles. The molecule has 4 heteroatoms. The van der Waals surface area contributed by atoms with E-state index < -0.39 is 22.7 Å². The zero-order chi connectivity index (χ0) is 39.7. The fourth-order valence-electron chi connectivity index (χ4n) is 2.22. The van der Waals surface area contributed by atoms with Crippen LogP contribution in [0.1, 0.15) is 212 Å². The normalized spacial score (nSPS) is 17.0. The summed E-state index contributed by atoms with van der Waals surface area (Å²) in [6.45, 7) is 52.3. The van der Waals surface area contributed by atoms with Crippen molar-refractivity contribution in [1.82, 2.24) is 0 Å². The first-order chi connectivity index (χ1) is 19.7. The lowest BCUT2D eigenvalue weighted by Crippen LogP contribution is -2.29. The van der Waals surface area contributed by atoms with Gasteiger partial charge in [0.25, 0.3) is 0 Å². The van der Waals surface area contributed by atoms with Crippen molar-refractivity contribution in [3.8, 4) is 0 Å². The van der Waals surface area contributed by atoms with Crippen molar-refractivity contribution in [1.29, 1.82) is 0 Å². The van der Waals surface area contributed by atoms with E-state index in [0.29, 0.717) is 32.5 Å². The maximum absolute atomic E-state index is 12.2. The molecule has 0 bridgehead atoms. The Morgan fingerprint density at radius 2 is 0.426 bits per heavy atom. The second kappa shape index (κ2) is 18.3. The molecule has 0 saturated heterocycles.